The first-order valence-corrected chi connectivity index (χ1v) is 5.69. The fourth-order valence-electron chi connectivity index (χ4n) is 1.19. The topological polar surface area (TPSA) is 22.1 Å². The monoisotopic (exact) mass is 289 g/mol. The molecule has 1 fully saturated rings. The van der Waals surface area contributed by atoms with E-state index >= 15 is 0 Å². The van der Waals surface area contributed by atoms with E-state index in [2.05, 4.69) is 34.5 Å². The van der Waals surface area contributed by atoms with Crippen molar-refractivity contribution in [2.75, 3.05) is 0 Å². The van der Waals surface area contributed by atoms with E-state index in [9.17, 15) is 0 Å². The Hall–Kier alpha value is -0.320. The zero-order chi connectivity index (χ0) is 9.26. The number of hydrogen-bond donors (Lipinski definition) is 0. The van der Waals surface area contributed by atoms with E-state index in [-0.39, 0.29) is 0 Å². The Morgan fingerprint density at radius 2 is 2.38 bits per heavy atom. The molecule has 1 aromatic rings. The van der Waals surface area contributed by atoms with E-state index in [0.29, 0.717) is 6.10 Å². The predicted octanol–water partition coefficient (Wildman–Crippen LogP) is 2.79. The number of nitrogens with zero attached hydrogens (tertiary/aromatic N) is 1. The lowest BCUT2D eigenvalue weighted by atomic mass is 10.3. The number of hydrogen-bond acceptors (Lipinski definition) is 2. The fraction of sp³-hybridized carbons (Fsp3) is 0.500. The molecule has 0 unspecified atom stereocenters. The first kappa shape index (κ1) is 9.24. The Labute approximate surface area is 91.8 Å². The molecule has 70 valence electrons. The van der Waals surface area contributed by atoms with Crippen LogP contribution in [0.2, 0.25) is 0 Å². The van der Waals surface area contributed by atoms with Gasteiger partial charge in [0.2, 0.25) is 0 Å². The van der Waals surface area contributed by atoms with Crippen LogP contribution in [-0.4, -0.2) is 11.1 Å². The van der Waals surface area contributed by atoms with Gasteiger partial charge in [0.25, 0.3) is 0 Å². The summed E-state index contributed by atoms with van der Waals surface area (Å²) >= 11 is 2.31. The summed E-state index contributed by atoms with van der Waals surface area (Å²) < 4.78 is 6.99. The van der Waals surface area contributed by atoms with Crippen LogP contribution in [0.25, 0.3) is 0 Å². The Balaban J connectivity index is 2.27. The largest absolute Gasteiger partial charge is 0.487 e. The highest BCUT2D eigenvalue weighted by molar-refractivity contribution is 14.1. The summed E-state index contributed by atoms with van der Waals surface area (Å²) in [5.41, 5.74) is 1.08. The quantitative estimate of drug-likeness (QED) is 0.798. The van der Waals surface area contributed by atoms with E-state index in [4.69, 9.17) is 4.74 Å². The molecule has 0 N–H and O–H groups in total. The maximum absolute atomic E-state index is 5.81. The second-order valence-electron chi connectivity index (χ2n) is 3.24. The second kappa shape index (κ2) is 3.82. The minimum atomic E-state index is 0.461. The van der Waals surface area contributed by atoms with Crippen molar-refractivity contribution in [1.82, 2.24) is 4.98 Å². The van der Waals surface area contributed by atoms with Gasteiger partial charge >= 0.3 is 0 Å². The summed E-state index contributed by atoms with van der Waals surface area (Å²) in [4.78, 5) is 4.31. The molecule has 13 heavy (non-hydrogen) atoms. The van der Waals surface area contributed by atoms with Crippen molar-refractivity contribution in [3.05, 3.63) is 21.5 Å². The molecule has 0 aliphatic heterocycles. The number of halogens is 1. The minimum Gasteiger partial charge on any atom is -0.487 e. The molecular formula is C10H12INO. The molecule has 0 amide bonds. The van der Waals surface area contributed by atoms with Gasteiger partial charge in [0, 0.05) is 6.20 Å². The lowest BCUT2D eigenvalue weighted by molar-refractivity contribution is 0.296. The van der Waals surface area contributed by atoms with Gasteiger partial charge in [-0.1, -0.05) is 6.92 Å². The van der Waals surface area contributed by atoms with Crippen molar-refractivity contribution in [3.63, 3.8) is 0 Å². The van der Waals surface area contributed by atoms with Crippen LogP contribution in [0.4, 0.5) is 0 Å². The molecular weight excluding hydrogens is 277 g/mol. The maximum atomic E-state index is 5.81. The number of ether oxygens (including phenoxy) is 1. The zero-order valence-corrected chi connectivity index (χ0v) is 9.74. The third-order valence-electron chi connectivity index (χ3n) is 2.07. The third kappa shape index (κ3) is 2.13. The fourth-order valence-corrected chi connectivity index (χ4v) is 1.79. The minimum absolute atomic E-state index is 0.461. The van der Waals surface area contributed by atoms with Gasteiger partial charge < -0.3 is 4.74 Å². The van der Waals surface area contributed by atoms with Crippen LogP contribution in [0, 0.1) is 3.57 Å². The van der Waals surface area contributed by atoms with Gasteiger partial charge in [-0.3, -0.25) is 4.98 Å². The molecule has 0 spiro atoms. The highest BCUT2D eigenvalue weighted by Gasteiger charge is 2.25. The highest BCUT2D eigenvalue weighted by atomic mass is 127. The highest BCUT2D eigenvalue weighted by Crippen LogP contribution is 2.31. The van der Waals surface area contributed by atoms with Gasteiger partial charge in [-0.05, 0) is 47.9 Å². The molecule has 3 heteroatoms. The average molecular weight is 289 g/mol. The summed E-state index contributed by atoms with van der Waals surface area (Å²) in [5.74, 6) is 1.01. The molecule has 2 nitrogen and oxygen atoms in total. The van der Waals surface area contributed by atoms with Crippen LogP contribution in [0.15, 0.2) is 12.3 Å². The van der Waals surface area contributed by atoms with Crippen LogP contribution in [0.3, 0.4) is 0 Å². The molecule has 0 radical (unpaired) electrons. The van der Waals surface area contributed by atoms with Crippen LogP contribution in [-0.2, 0) is 6.42 Å². The van der Waals surface area contributed by atoms with Gasteiger partial charge in [0.15, 0.2) is 5.75 Å². The van der Waals surface area contributed by atoms with Crippen LogP contribution in [0.1, 0.15) is 25.5 Å². The van der Waals surface area contributed by atoms with E-state index in [0.717, 1.165) is 17.9 Å². The maximum Gasteiger partial charge on any atom is 0.154 e. The molecule has 1 saturated carbocycles. The average Bonchev–Trinajstić information content (AvgIpc) is 2.92. The Kier molecular flexibility index (Phi) is 2.71. The van der Waals surface area contributed by atoms with E-state index in [1.54, 1.807) is 0 Å². The molecule has 0 atom stereocenters. The number of aryl methyl sites for hydroxylation is 1. The smallest absolute Gasteiger partial charge is 0.154 e. The van der Waals surface area contributed by atoms with Gasteiger partial charge in [0.05, 0.1) is 15.4 Å². The van der Waals surface area contributed by atoms with Gasteiger partial charge in [0.1, 0.15) is 0 Å². The standard InChI is InChI=1S/C10H12INO/c1-2-9-10(13-7-3-4-7)8(11)5-6-12-9/h5-7H,2-4H2,1H3. The normalized spacial score (nSPS) is 15.8. The van der Waals surface area contributed by atoms with Crippen molar-refractivity contribution in [1.29, 1.82) is 0 Å². The molecule has 0 aromatic carbocycles. The Morgan fingerprint density at radius 3 is 3.00 bits per heavy atom. The SMILES string of the molecule is CCc1nccc(I)c1OC1CC1. The molecule has 2 rings (SSSR count). The van der Waals surface area contributed by atoms with Gasteiger partial charge in [-0.25, -0.2) is 0 Å². The number of rotatable bonds is 3. The Bertz CT molecular complexity index is 310. The second-order valence-corrected chi connectivity index (χ2v) is 4.40. The summed E-state index contributed by atoms with van der Waals surface area (Å²) in [6.45, 7) is 2.11. The van der Waals surface area contributed by atoms with Crippen molar-refractivity contribution < 1.29 is 4.74 Å². The Morgan fingerprint density at radius 1 is 1.62 bits per heavy atom. The first-order chi connectivity index (χ1) is 6.31. The molecule has 0 saturated heterocycles. The molecule has 1 aliphatic rings. The summed E-state index contributed by atoms with van der Waals surface area (Å²) in [7, 11) is 0. The summed E-state index contributed by atoms with van der Waals surface area (Å²) in [6.07, 6.45) is 5.66. The van der Waals surface area contributed by atoms with Gasteiger partial charge in [-0.15, -0.1) is 0 Å². The first-order valence-electron chi connectivity index (χ1n) is 4.61. The van der Waals surface area contributed by atoms with Crippen LogP contribution < -0.4 is 4.74 Å². The van der Waals surface area contributed by atoms with E-state index < -0.39 is 0 Å². The number of pyridine rings is 1. The summed E-state index contributed by atoms with van der Waals surface area (Å²) in [6, 6.07) is 2.00. The lowest BCUT2D eigenvalue weighted by Crippen LogP contribution is -2.02. The summed E-state index contributed by atoms with van der Waals surface area (Å²) in [5, 5.41) is 0. The van der Waals surface area contributed by atoms with Crippen molar-refractivity contribution in [3.8, 4) is 5.75 Å². The van der Waals surface area contributed by atoms with E-state index in [1.807, 2.05) is 12.3 Å². The molecule has 0 bridgehead atoms. The van der Waals surface area contributed by atoms with Crippen LogP contribution >= 0.6 is 22.6 Å². The third-order valence-corrected chi connectivity index (χ3v) is 2.92. The van der Waals surface area contributed by atoms with Crippen LogP contribution in [0.5, 0.6) is 5.75 Å². The zero-order valence-electron chi connectivity index (χ0n) is 7.59. The number of aromatic nitrogens is 1. The lowest BCUT2D eigenvalue weighted by Gasteiger charge is -2.10. The molecule has 1 aliphatic carbocycles. The predicted molar refractivity (Wildman–Crippen MR) is 60.0 cm³/mol. The van der Waals surface area contributed by atoms with Gasteiger partial charge in [-0.2, -0.15) is 0 Å². The van der Waals surface area contributed by atoms with Crippen molar-refractivity contribution >= 4 is 22.6 Å². The van der Waals surface area contributed by atoms with Crippen molar-refractivity contribution in [2.45, 2.75) is 32.3 Å². The molecule has 1 heterocycles. The van der Waals surface area contributed by atoms with E-state index in [1.165, 1.54) is 16.4 Å². The molecule has 1 aromatic heterocycles. The van der Waals surface area contributed by atoms with Crippen molar-refractivity contribution in [2.24, 2.45) is 0 Å².